The number of amides is 1. The average Bonchev–Trinajstić information content (AvgIpc) is 3.02. The molecule has 0 bridgehead atoms. The van der Waals surface area contributed by atoms with Crippen LogP contribution in [0.15, 0.2) is 54.9 Å². The summed E-state index contributed by atoms with van der Waals surface area (Å²) in [7, 11) is 4.08. The minimum Gasteiger partial charge on any atom is -0.381 e. The first-order valence-electron chi connectivity index (χ1n) is 12.6. The van der Waals surface area contributed by atoms with Gasteiger partial charge in [-0.1, -0.05) is 24.3 Å². The molecule has 2 aliphatic rings. The van der Waals surface area contributed by atoms with Crippen LogP contribution in [-0.4, -0.2) is 86.8 Å². The van der Waals surface area contributed by atoms with Gasteiger partial charge in [-0.2, -0.15) is 0 Å². The number of nitrogens with zero attached hydrogens (tertiary/aromatic N) is 4. The van der Waals surface area contributed by atoms with Gasteiger partial charge in [-0.05, 0) is 54.2 Å². The van der Waals surface area contributed by atoms with Crippen LogP contribution in [0, 0.1) is 5.92 Å². The molecule has 2 aromatic rings. The fourth-order valence-electron chi connectivity index (χ4n) is 4.63. The highest BCUT2D eigenvalue weighted by atomic mass is 16.5. The normalized spacial score (nSPS) is 20.3. The predicted octanol–water partition coefficient (Wildman–Crippen LogP) is 3.32. The van der Waals surface area contributed by atoms with Gasteiger partial charge in [0.1, 0.15) is 0 Å². The SMILES string of the molecule is CN(C)c1ccc(/C=C/CN2CC(=O)N(CC3CCOCC3)C[C@@H](OCc3ccncc3)C2)cc1. The summed E-state index contributed by atoms with van der Waals surface area (Å²) in [6.07, 6.45) is 9.84. The summed E-state index contributed by atoms with van der Waals surface area (Å²) in [6.45, 7) is 5.39. The maximum Gasteiger partial charge on any atom is 0.236 e. The van der Waals surface area contributed by atoms with Gasteiger partial charge in [-0.15, -0.1) is 0 Å². The molecular weight excluding hydrogens is 440 g/mol. The van der Waals surface area contributed by atoms with Crippen molar-refractivity contribution in [2.24, 2.45) is 5.92 Å². The summed E-state index contributed by atoms with van der Waals surface area (Å²) in [5.41, 5.74) is 3.43. The average molecular weight is 479 g/mol. The first-order valence-corrected chi connectivity index (χ1v) is 12.6. The van der Waals surface area contributed by atoms with Gasteiger partial charge < -0.3 is 19.3 Å². The lowest BCUT2D eigenvalue weighted by Gasteiger charge is -2.30. The summed E-state index contributed by atoms with van der Waals surface area (Å²) >= 11 is 0. The minimum absolute atomic E-state index is 0.0396. The van der Waals surface area contributed by atoms with E-state index in [9.17, 15) is 4.79 Å². The highest BCUT2D eigenvalue weighted by Gasteiger charge is 2.30. The molecule has 1 amide bonds. The first kappa shape index (κ1) is 25.4. The van der Waals surface area contributed by atoms with Crippen molar-refractivity contribution in [1.29, 1.82) is 0 Å². The Bertz CT molecular complexity index is 942. The molecule has 0 spiro atoms. The second-order valence-electron chi connectivity index (χ2n) is 9.73. The van der Waals surface area contributed by atoms with Crippen LogP contribution < -0.4 is 4.90 Å². The number of rotatable bonds is 9. The van der Waals surface area contributed by atoms with E-state index in [0.717, 1.165) is 50.3 Å². The third kappa shape index (κ3) is 7.88. The second-order valence-corrected chi connectivity index (χ2v) is 9.73. The zero-order valence-corrected chi connectivity index (χ0v) is 21.0. The van der Waals surface area contributed by atoms with Crippen LogP contribution >= 0.6 is 0 Å². The van der Waals surface area contributed by atoms with Gasteiger partial charge in [-0.3, -0.25) is 14.7 Å². The number of hydrogen-bond donors (Lipinski definition) is 0. The molecule has 1 atom stereocenters. The van der Waals surface area contributed by atoms with Crippen molar-refractivity contribution in [3.63, 3.8) is 0 Å². The quantitative estimate of drug-likeness (QED) is 0.551. The van der Waals surface area contributed by atoms with Gasteiger partial charge in [0, 0.05) is 71.6 Å². The summed E-state index contributed by atoms with van der Waals surface area (Å²) in [4.78, 5) is 23.6. The van der Waals surface area contributed by atoms with Crippen molar-refractivity contribution in [2.75, 3.05) is 64.9 Å². The molecule has 7 nitrogen and oxygen atoms in total. The Morgan fingerprint density at radius 3 is 2.54 bits per heavy atom. The van der Waals surface area contributed by atoms with E-state index in [1.54, 1.807) is 12.4 Å². The fraction of sp³-hybridized carbons (Fsp3) is 0.500. The summed E-state index contributed by atoms with van der Waals surface area (Å²) in [5.74, 6) is 0.695. The Hall–Kier alpha value is -2.74. The van der Waals surface area contributed by atoms with Gasteiger partial charge in [0.2, 0.25) is 5.91 Å². The van der Waals surface area contributed by atoms with Crippen LogP contribution in [0.4, 0.5) is 5.69 Å². The van der Waals surface area contributed by atoms with Gasteiger partial charge in [0.05, 0.1) is 19.3 Å². The fourth-order valence-corrected chi connectivity index (χ4v) is 4.63. The molecule has 0 aliphatic carbocycles. The molecule has 0 unspecified atom stereocenters. The van der Waals surface area contributed by atoms with Crippen molar-refractivity contribution in [3.8, 4) is 0 Å². The number of ether oxygens (including phenoxy) is 2. The number of carbonyl (C=O) groups excluding carboxylic acids is 1. The lowest BCUT2D eigenvalue weighted by atomic mass is 9.99. The van der Waals surface area contributed by atoms with Crippen molar-refractivity contribution >= 4 is 17.7 Å². The topological polar surface area (TPSA) is 58.1 Å². The Labute approximate surface area is 209 Å². The minimum atomic E-state index is -0.0396. The van der Waals surface area contributed by atoms with Crippen molar-refractivity contribution in [1.82, 2.24) is 14.8 Å². The molecule has 0 saturated carbocycles. The van der Waals surface area contributed by atoms with E-state index in [1.807, 2.05) is 31.1 Å². The summed E-state index contributed by atoms with van der Waals surface area (Å²) in [5, 5.41) is 0. The second kappa shape index (κ2) is 12.8. The molecule has 3 heterocycles. The standard InChI is InChI=1S/C28H38N4O3/c1-30(2)26-7-5-23(6-8-26)4-3-15-31-19-27(35-22-25-9-13-29-14-10-25)20-32(28(33)21-31)18-24-11-16-34-17-12-24/h3-10,13-14,24,27H,11-12,15-22H2,1-2H3/b4-3+/t27-/m0/s1. The predicted molar refractivity (Wildman–Crippen MR) is 139 cm³/mol. The maximum absolute atomic E-state index is 13.2. The lowest BCUT2D eigenvalue weighted by Crippen LogP contribution is -2.42. The largest absolute Gasteiger partial charge is 0.381 e. The molecule has 2 fully saturated rings. The number of pyridine rings is 1. The van der Waals surface area contributed by atoms with Crippen LogP contribution in [0.25, 0.3) is 6.08 Å². The Balaban J connectivity index is 1.39. The van der Waals surface area contributed by atoms with Crippen molar-refractivity contribution < 1.29 is 14.3 Å². The highest BCUT2D eigenvalue weighted by Crippen LogP contribution is 2.19. The third-order valence-corrected chi connectivity index (χ3v) is 6.74. The molecule has 2 saturated heterocycles. The number of anilines is 1. The van der Waals surface area contributed by atoms with Crippen molar-refractivity contribution in [3.05, 3.63) is 66.0 Å². The molecule has 0 radical (unpaired) electrons. The molecule has 188 valence electrons. The monoisotopic (exact) mass is 478 g/mol. The van der Waals surface area contributed by atoms with E-state index in [1.165, 1.54) is 5.69 Å². The van der Waals surface area contributed by atoms with Gasteiger partial charge in [0.25, 0.3) is 0 Å². The lowest BCUT2D eigenvalue weighted by molar-refractivity contribution is -0.133. The van der Waals surface area contributed by atoms with E-state index in [4.69, 9.17) is 9.47 Å². The van der Waals surface area contributed by atoms with Crippen molar-refractivity contribution in [2.45, 2.75) is 25.6 Å². The Morgan fingerprint density at radius 1 is 1.09 bits per heavy atom. The van der Waals surface area contributed by atoms with Crippen LogP contribution in [0.1, 0.15) is 24.0 Å². The van der Waals surface area contributed by atoms with Crippen LogP contribution in [0.2, 0.25) is 0 Å². The molecule has 1 aromatic heterocycles. The van der Waals surface area contributed by atoms with Gasteiger partial charge in [0.15, 0.2) is 0 Å². The molecule has 7 heteroatoms. The summed E-state index contributed by atoms with van der Waals surface area (Å²) < 4.78 is 11.8. The van der Waals surface area contributed by atoms with Crippen LogP contribution in [0.5, 0.6) is 0 Å². The van der Waals surface area contributed by atoms with Gasteiger partial charge >= 0.3 is 0 Å². The highest BCUT2D eigenvalue weighted by molar-refractivity contribution is 5.78. The van der Waals surface area contributed by atoms with Gasteiger partial charge in [-0.25, -0.2) is 0 Å². The molecule has 2 aliphatic heterocycles. The molecule has 4 rings (SSSR count). The Morgan fingerprint density at radius 2 is 1.83 bits per heavy atom. The number of hydrogen-bond acceptors (Lipinski definition) is 6. The molecule has 0 N–H and O–H groups in total. The van der Waals surface area contributed by atoms with Crippen LogP contribution in [-0.2, 0) is 20.9 Å². The first-order chi connectivity index (χ1) is 17.1. The van der Waals surface area contributed by atoms with E-state index < -0.39 is 0 Å². The van der Waals surface area contributed by atoms with E-state index in [-0.39, 0.29) is 12.0 Å². The summed E-state index contributed by atoms with van der Waals surface area (Å²) in [6, 6.07) is 12.4. The number of aromatic nitrogens is 1. The maximum atomic E-state index is 13.2. The third-order valence-electron chi connectivity index (χ3n) is 6.74. The van der Waals surface area contributed by atoms with E-state index in [0.29, 0.717) is 32.2 Å². The molecule has 35 heavy (non-hydrogen) atoms. The smallest absolute Gasteiger partial charge is 0.236 e. The Kier molecular flexibility index (Phi) is 9.28. The van der Waals surface area contributed by atoms with E-state index >= 15 is 0 Å². The number of carbonyl (C=O) groups is 1. The molecular formula is C28H38N4O3. The molecule has 1 aromatic carbocycles. The van der Waals surface area contributed by atoms with Crippen LogP contribution in [0.3, 0.4) is 0 Å². The zero-order valence-electron chi connectivity index (χ0n) is 21.0. The zero-order chi connectivity index (χ0) is 24.5. The van der Waals surface area contributed by atoms with E-state index in [2.05, 4.69) is 51.2 Å². The number of benzene rings is 1.